The van der Waals surface area contributed by atoms with Crippen LogP contribution in [0.4, 0.5) is 14.5 Å². The molecule has 10 heteroatoms. The molecule has 2 rings (SSSR count). The minimum Gasteiger partial charge on any atom is -0.282 e. The van der Waals surface area contributed by atoms with Crippen molar-refractivity contribution in [3.63, 3.8) is 0 Å². The number of nitrogens with one attached hydrogen (secondary N) is 1. The van der Waals surface area contributed by atoms with E-state index >= 15 is 0 Å². The zero-order chi connectivity index (χ0) is 14.9. The van der Waals surface area contributed by atoms with Crippen molar-refractivity contribution in [2.24, 2.45) is 10.2 Å². The van der Waals surface area contributed by atoms with Crippen LogP contribution in [0.15, 0.2) is 22.3 Å². The Hall–Kier alpha value is -1.76. The van der Waals surface area contributed by atoms with E-state index in [0.717, 1.165) is 4.90 Å². The first kappa shape index (κ1) is 14.6. The van der Waals surface area contributed by atoms with Gasteiger partial charge in [-0.25, -0.2) is 0 Å². The lowest BCUT2D eigenvalue weighted by molar-refractivity contribution is -0.00311. The summed E-state index contributed by atoms with van der Waals surface area (Å²) in [5, 5.41) is 7.44. The van der Waals surface area contributed by atoms with Crippen LogP contribution in [0.2, 0.25) is 10.0 Å². The van der Waals surface area contributed by atoms with Crippen molar-refractivity contribution in [1.29, 1.82) is 0 Å². The van der Waals surface area contributed by atoms with E-state index in [0.29, 0.717) is 5.56 Å². The quantitative estimate of drug-likeness (QED) is 0.388. The molecular weight excluding hydrogens is 313 g/mol. The molecule has 0 spiro atoms. The predicted molar refractivity (Wildman–Crippen MR) is 72.1 cm³/mol. The third-order valence-electron chi connectivity index (χ3n) is 2.72. The van der Waals surface area contributed by atoms with Gasteiger partial charge in [0.25, 0.3) is 0 Å². The minimum atomic E-state index is -2.76. The number of rotatable bonds is 3. The SMILES string of the molecule is CC1=NNC(c2cc(N=[N+]=[N-])c(Cl)cc2Cl)N1C(F)F. The first-order chi connectivity index (χ1) is 9.45. The van der Waals surface area contributed by atoms with Gasteiger partial charge in [-0.1, -0.05) is 28.3 Å². The number of hydrogen-bond acceptors (Lipinski definition) is 4. The molecule has 1 aromatic rings. The summed E-state index contributed by atoms with van der Waals surface area (Å²) in [6.07, 6.45) is -0.951. The first-order valence-electron chi connectivity index (χ1n) is 5.36. The lowest BCUT2D eigenvalue weighted by Crippen LogP contribution is -2.36. The van der Waals surface area contributed by atoms with Gasteiger partial charge in [0.2, 0.25) is 0 Å². The summed E-state index contributed by atoms with van der Waals surface area (Å²) in [7, 11) is 0. The number of nitrogens with zero attached hydrogens (tertiary/aromatic N) is 5. The third kappa shape index (κ3) is 2.58. The summed E-state index contributed by atoms with van der Waals surface area (Å²) in [4.78, 5) is 3.38. The monoisotopic (exact) mass is 320 g/mol. The van der Waals surface area contributed by atoms with Gasteiger partial charge in [-0.3, -0.25) is 10.3 Å². The van der Waals surface area contributed by atoms with Crippen molar-refractivity contribution in [2.75, 3.05) is 0 Å². The summed E-state index contributed by atoms with van der Waals surface area (Å²) >= 11 is 11.9. The molecule has 106 valence electrons. The second-order valence-electron chi connectivity index (χ2n) is 3.89. The Kier molecular flexibility index (Phi) is 4.17. The molecule has 0 radical (unpaired) electrons. The Balaban J connectivity index is 2.48. The van der Waals surface area contributed by atoms with Gasteiger partial charge in [-0.2, -0.15) is 13.9 Å². The third-order valence-corrected chi connectivity index (χ3v) is 3.35. The number of azide groups is 1. The molecule has 1 heterocycles. The van der Waals surface area contributed by atoms with Crippen LogP contribution < -0.4 is 5.43 Å². The van der Waals surface area contributed by atoms with Crippen molar-refractivity contribution in [3.05, 3.63) is 38.2 Å². The number of benzene rings is 1. The van der Waals surface area contributed by atoms with Gasteiger partial charge >= 0.3 is 6.55 Å². The molecule has 1 aliphatic rings. The Bertz CT molecular complexity index is 614. The van der Waals surface area contributed by atoms with Gasteiger partial charge in [0, 0.05) is 15.5 Å². The largest absolute Gasteiger partial charge is 0.318 e. The van der Waals surface area contributed by atoms with Crippen LogP contribution in [-0.4, -0.2) is 17.3 Å². The second kappa shape index (κ2) is 5.70. The maximum atomic E-state index is 13.0. The van der Waals surface area contributed by atoms with Gasteiger partial charge in [0.05, 0.1) is 10.7 Å². The second-order valence-corrected chi connectivity index (χ2v) is 4.70. The van der Waals surface area contributed by atoms with Crippen LogP contribution in [0.1, 0.15) is 18.7 Å². The van der Waals surface area contributed by atoms with Crippen LogP contribution in [-0.2, 0) is 0 Å². The maximum Gasteiger partial charge on any atom is 0.318 e. The molecular formula is C10H8Cl2F2N6. The summed E-state index contributed by atoms with van der Waals surface area (Å²) < 4.78 is 26.1. The van der Waals surface area contributed by atoms with E-state index in [4.69, 9.17) is 28.7 Å². The van der Waals surface area contributed by atoms with Crippen LogP contribution in [0.5, 0.6) is 0 Å². The highest BCUT2D eigenvalue weighted by Crippen LogP contribution is 2.37. The highest BCUT2D eigenvalue weighted by Gasteiger charge is 2.34. The molecule has 1 unspecified atom stereocenters. The van der Waals surface area contributed by atoms with Crippen LogP contribution in [0, 0.1) is 0 Å². The zero-order valence-electron chi connectivity index (χ0n) is 10.1. The number of alkyl halides is 2. The van der Waals surface area contributed by atoms with Crippen LogP contribution in [0.25, 0.3) is 10.4 Å². The van der Waals surface area contributed by atoms with E-state index in [1.54, 1.807) is 0 Å². The van der Waals surface area contributed by atoms with E-state index < -0.39 is 12.7 Å². The van der Waals surface area contributed by atoms with Gasteiger partial charge in [0.1, 0.15) is 12.0 Å². The molecule has 0 aromatic heterocycles. The van der Waals surface area contributed by atoms with Crippen molar-refractivity contribution in [1.82, 2.24) is 10.3 Å². The van der Waals surface area contributed by atoms with Crippen molar-refractivity contribution < 1.29 is 8.78 Å². The number of halogens is 4. The topological polar surface area (TPSA) is 76.4 Å². The molecule has 1 aliphatic heterocycles. The van der Waals surface area contributed by atoms with Crippen molar-refractivity contribution in [3.8, 4) is 0 Å². The van der Waals surface area contributed by atoms with E-state index in [2.05, 4.69) is 20.6 Å². The Labute approximate surface area is 122 Å². The van der Waals surface area contributed by atoms with E-state index in [-0.39, 0.29) is 21.6 Å². The Morgan fingerprint density at radius 2 is 2.15 bits per heavy atom. The lowest BCUT2D eigenvalue weighted by atomic mass is 10.1. The highest BCUT2D eigenvalue weighted by atomic mass is 35.5. The standard InChI is InChI=1S/C10H8Cl2F2N6/c1-4-16-18-9(20(4)10(13)14)5-2-8(17-19-15)7(12)3-6(5)11/h2-3,9-10,18H,1H3. The molecule has 6 nitrogen and oxygen atoms in total. The number of amidine groups is 1. The zero-order valence-corrected chi connectivity index (χ0v) is 11.6. The lowest BCUT2D eigenvalue weighted by Gasteiger charge is -2.26. The summed E-state index contributed by atoms with van der Waals surface area (Å²) in [5.41, 5.74) is 11.4. The fourth-order valence-electron chi connectivity index (χ4n) is 1.82. The summed E-state index contributed by atoms with van der Waals surface area (Å²) in [5.74, 6) is 0.126. The van der Waals surface area contributed by atoms with Gasteiger partial charge in [0.15, 0.2) is 0 Å². The van der Waals surface area contributed by atoms with Crippen LogP contribution >= 0.6 is 23.2 Å². The fraction of sp³-hybridized carbons (Fsp3) is 0.300. The minimum absolute atomic E-state index is 0.106. The first-order valence-corrected chi connectivity index (χ1v) is 6.11. The van der Waals surface area contributed by atoms with E-state index in [9.17, 15) is 8.78 Å². The van der Waals surface area contributed by atoms with E-state index in [1.165, 1.54) is 19.1 Å². The van der Waals surface area contributed by atoms with Crippen LogP contribution in [0.3, 0.4) is 0 Å². The van der Waals surface area contributed by atoms with Gasteiger partial charge < -0.3 is 0 Å². The highest BCUT2D eigenvalue weighted by molar-refractivity contribution is 6.36. The Morgan fingerprint density at radius 1 is 1.45 bits per heavy atom. The normalized spacial score (nSPS) is 17.8. The molecule has 20 heavy (non-hydrogen) atoms. The molecule has 1 N–H and O–H groups in total. The average molecular weight is 321 g/mol. The Morgan fingerprint density at radius 3 is 2.75 bits per heavy atom. The molecule has 0 saturated carbocycles. The molecule has 1 atom stereocenters. The molecule has 0 fully saturated rings. The summed E-state index contributed by atoms with van der Waals surface area (Å²) in [6.45, 7) is -1.31. The average Bonchev–Trinajstić information content (AvgIpc) is 2.74. The molecule has 0 aliphatic carbocycles. The van der Waals surface area contributed by atoms with E-state index in [1.807, 2.05) is 0 Å². The number of hydrogen-bond donors (Lipinski definition) is 1. The smallest absolute Gasteiger partial charge is 0.282 e. The molecule has 0 saturated heterocycles. The van der Waals surface area contributed by atoms with Gasteiger partial charge in [-0.15, -0.1) is 0 Å². The predicted octanol–water partition coefficient (Wildman–Crippen LogP) is 4.40. The van der Waals surface area contributed by atoms with Crippen molar-refractivity contribution >= 4 is 34.7 Å². The van der Waals surface area contributed by atoms with Crippen molar-refractivity contribution in [2.45, 2.75) is 19.6 Å². The molecule has 1 aromatic carbocycles. The maximum absolute atomic E-state index is 13.0. The van der Waals surface area contributed by atoms with Gasteiger partial charge in [-0.05, 0) is 24.6 Å². The summed E-state index contributed by atoms with van der Waals surface area (Å²) in [6, 6.07) is 2.69. The fourth-order valence-corrected chi connectivity index (χ4v) is 2.35. The molecule has 0 bridgehead atoms. The number of hydrazone groups is 1. The molecule has 0 amide bonds.